The van der Waals surface area contributed by atoms with Crippen molar-refractivity contribution in [2.75, 3.05) is 32.0 Å². The molecular weight excluding hydrogens is 244 g/mol. The van der Waals surface area contributed by atoms with Crippen LogP contribution in [0.2, 0.25) is 0 Å². The maximum absolute atomic E-state index is 9.94. The zero-order chi connectivity index (χ0) is 14.3. The van der Waals surface area contributed by atoms with Crippen LogP contribution in [0.5, 0.6) is 5.75 Å². The molecule has 4 N–H and O–H groups in total. The van der Waals surface area contributed by atoms with Crippen molar-refractivity contribution < 1.29 is 14.9 Å². The van der Waals surface area contributed by atoms with Crippen molar-refractivity contribution in [1.29, 1.82) is 0 Å². The monoisotopic (exact) mass is 268 g/mol. The van der Waals surface area contributed by atoms with E-state index in [4.69, 9.17) is 15.6 Å². The summed E-state index contributed by atoms with van der Waals surface area (Å²) in [7, 11) is 0. The number of aliphatic hydroxyl groups is 2. The standard InChI is InChI=1S/C14H24N2O3/c1-11(2)16(7-8-17)9-13(18)10-19-14-5-3-12(15)4-6-14/h3-6,11,13,17-18H,7-10,15H2,1-2H3. The number of rotatable bonds is 8. The summed E-state index contributed by atoms with van der Waals surface area (Å²) < 4.78 is 5.49. The topological polar surface area (TPSA) is 79.0 Å². The van der Waals surface area contributed by atoms with Crippen LogP contribution in [0.15, 0.2) is 24.3 Å². The lowest BCUT2D eigenvalue weighted by atomic mass is 10.2. The van der Waals surface area contributed by atoms with E-state index in [1.165, 1.54) is 0 Å². The third-order valence-corrected chi connectivity index (χ3v) is 2.89. The van der Waals surface area contributed by atoms with Gasteiger partial charge in [-0.25, -0.2) is 0 Å². The third-order valence-electron chi connectivity index (χ3n) is 2.89. The Balaban J connectivity index is 2.37. The second-order valence-electron chi connectivity index (χ2n) is 4.85. The SMILES string of the molecule is CC(C)N(CCO)CC(O)COc1ccc(N)cc1. The Hall–Kier alpha value is -1.30. The van der Waals surface area contributed by atoms with Gasteiger partial charge in [0.25, 0.3) is 0 Å². The molecule has 5 heteroatoms. The molecule has 1 atom stereocenters. The van der Waals surface area contributed by atoms with E-state index in [2.05, 4.69) is 0 Å². The van der Waals surface area contributed by atoms with E-state index in [1.54, 1.807) is 24.3 Å². The van der Waals surface area contributed by atoms with Gasteiger partial charge in [-0.2, -0.15) is 0 Å². The molecule has 0 spiro atoms. The molecule has 1 unspecified atom stereocenters. The van der Waals surface area contributed by atoms with Gasteiger partial charge in [-0.15, -0.1) is 0 Å². The van der Waals surface area contributed by atoms with Crippen LogP contribution in [0.3, 0.4) is 0 Å². The summed E-state index contributed by atoms with van der Waals surface area (Å²) in [6.07, 6.45) is -0.591. The molecule has 0 amide bonds. The number of hydrogen-bond donors (Lipinski definition) is 3. The van der Waals surface area contributed by atoms with E-state index in [1.807, 2.05) is 18.7 Å². The van der Waals surface area contributed by atoms with E-state index in [0.717, 1.165) is 0 Å². The average molecular weight is 268 g/mol. The van der Waals surface area contributed by atoms with Crippen LogP contribution in [0.4, 0.5) is 5.69 Å². The Bertz CT molecular complexity index is 354. The van der Waals surface area contributed by atoms with Gasteiger partial charge in [0, 0.05) is 24.8 Å². The van der Waals surface area contributed by atoms with Gasteiger partial charge in [-0.3, -0.25) is 4.90 Å². The fourth-order valence-electron chi connectivity index (χ4n) is 1.77. The first-order valence-electron chi connectivity index (χ1n) is 6.54. The Labute approximate surface area is 114 Å². The summed E-state index contributed by atoms with van der Waals surface area (Å²) in [5.74, 6) is 0.687. The molecule has 1 aromatic carbocycles. The molecular formula is C14H24N2O3. The summed E-state index contributed by atoms with van der Waals surface area (Å²) in [6.45, 7) is 5.40. The summed E-state index contributed by atoms with van der Waals surface area (Å²) >= 11 is 0. The first-order valence-corrected chi connectivity index (χ1v) is 6.54. The van der Waals surface area contributed by atoms with Gasteiger partial charge in [-0.05, 0) is 38.1 Å². The second kappa shape index (κ2) is 7.99. The highest BCUT2D eigenvalue weighted by Gasteiger charge is 2.14. The Morgan fingerprint density at radius 3 is 2.42 bits per heavy atom. The number of benzene rings is 1. The normalized spacial score (nSPS) is 12.9. The third kappa shape index (κ3) is 5.92. The Kier molecular flexibility index (Phi) is 6.62. The highest BCUT2D eigenvalue weighted by atomic mass is 16.5. The zero-order valence-electron chi connectivity index (χ0n) is 11.6. The smallest absolute Gasteiger partial charge is 0.119 e. The largest absolute Gasteiger partial charge is 0.491 e. The van der Waals surface area contributed by atoms with Crippen LogP contribution in [0.1, 0.15) is 13.8 Å². The molecule has 0 heterocycles. The van der Waals surface area contributed by atoms with Crippen molar-refractivity contribution in [3.63, 3.8) is 0 Å². The quantitative estimate of drug-likeness (QED) is 0.605. The second-order valence-corrected chi connectivity index (χ2v) is 4.85. The van der Waals surface area contributed by atoms with Crippen LogP contribution in [-0.2, 0) is 0 Å². The zero-order valence-corrected chi connectivity index (χ0v) is 11.6. The van der Waals surface area contributed by atoms with E-state index >= 15 is 0 Å². The summed E-state index contributed by atoms with van der Waals surface area (Å²) in [5.41, 5.74) is 6.26. The molecule has 0 aromatic heterocycles. The summed E-state index contributed by atoms with van der Waals surface area (Å²) in [5, 5.41) is 18.9. The first-order chi connectivity index (χ1) is 9.02. The molecule has 0 saturated carbocycles. The summed E-state index contributed by atoms with van der Waals surface area (Å²) in [4.78, 5) is 2.01. The van der Waals surface area contributed by atoms with Crippen molar-refractivity contribution in [3.05, 3.63) is 24.3 Å². The van der Waals surface area contributed by atoms with Gasteiger partial charge in [0.15, 0.2) is 0 Å². The predicted octanol–water partition coefficient (Wildman–Crippen LogP) is 0.711. The van der Waals surface area contributed by atoms with Gasteiger partial charge in [0.1, 0.15) is 18.5 Å². The van der Waals surface area contributed by atoms with Gasteiger partial charge < -0.3 is 20.7 Å². The maximum atomic E-state index is 9.94. The van der Waals surface area contributed by atoms with Gasteiger partial charge in [0.05, 0.1) is 6.61 Å². The number of ether oxygens (including phenoxy) is 1. The van der Waals surface area contributed by atoms with Crippen LogP contribution >= 0.6 is 0 Å². The molecule has 0 fully saturated rings. The number of aliphatic hydroxyl groups excluding tert-OH is 2. The van der Waals surface area contributed by atoms with Crippen molar-refractivity contribution in [2.45, 2.75) is 26.0 Å². The molecule has 19 heavy (non-hydrogen) atoms. The molecule has 1 rings (SSSR count). The minimum absolute atomic E-state index is 0.0870. The van der Waals surface area contributed by atoms with E-state index in [0.29, 0.717) is 24.5 Å². The van der Waals surface area contributed by atoms with E-state index in [9.17, 15) is 5.11 Å². The highest BCUT2D eigenvalue weighted by Crippen LogP contribution is 2.13. The van der Waals surface area contributed by atoms with Crippen LogP contribution < -0.4 is 10.5 Å². The molecule has 1 aromatic rings. The number of nitrogens with two attached hydrogens (primary N) is 1. The number of nitrogen functional groups attached to an aromatic ring is 1. The van der Waals surface area contributed by atoms with Crippen LogP contribution in [0, 0.1) is 0 Å². The van der Waals surface area contributed by atoms with E-state index in [-0.39, 0.29) is 19.3 Å². The first kappa shape index (κ1) is 15.8. The van der Waals surface area contributed by atoms with Crippen LogP contribution in [-0.4, -0.2) is 53.6 Å². The highest BCUT2D eigenvalue weighted by molar-refractivity contribution is 5.41. The minimum atomic E-state index is -0.591. The molecule has 108 valence electrons. The molecule has 0 aliphatic rings. The lowest BCUT2D eigenvalue weighted by Crippen LogP contribution is -2.41. The molecule has 0 aliphatic heterocycles. The molecule has 0 bridgehead atoms. The summed E-state index contributed by atoms with van der Waals surface area (Å²) in [6, 6.07) is 7.34. The minimum Gasteiger partial charge on any atom is -0.491 e. The number of nitrogens with zero attached hydrogens (tertiary/aromatic N) is 1. The fourth-order valence-corrected chi connectivity index (χ4v) is 1.77. The van der Waals surface area contributed by atoms with Crippen molar-refractivity contribution in [3.8, 4) is 5.75 Å². The lowest BCUT2D eigenvalue weighted by molar-refractivity contribution is 0.0502. The Morgan fingerprint density at radius 2 is 1.89 bits per heavy atom. The number of hydrogen-bond acceptors (Lipinski definition) is 5. The lowest BCUT2D eigenvalue weighted by Gasteiger charge is -2.27. The average Bonchev–Trinajstić information content (AvgIpc) is 2.37. The van der Waals surface area contributed by atoms with Crippen molar-refractivity contribution in [1.82, 2.24) is 4.90 Å². The van der Waals surface area contributed by atoms with Crippen LogP contribution in [0.25, 0.3) is 0 Å². The van der Waals surface area contributed by atoms with Gasteiger partial charge in [-0.1, -0.05) is 0 Å². The molecule has 0 radical (unpaired) electrons. The van der Waals surface area contributed by atoms with Gasteiger partial charge in [0.2, 0.25) is 0 Å². The van der Waals surface area contributed by atoms with Crippen molar-refractivity contribution in [2.24, 2.45) is 0 Å². The van der Waals surface area contributed by atoms with Gasteiger partial charge >= 0.3 is 0 Å². The van der Waals surface area contributed by atoms with Crippen molar-refractivity contribution >= 4 is 5.69 Å². The molecule has 0 aliphatic carbocycles. The molecule has 5 nitrogen and oxygen atoms in total. The molecule has 0 saturated heterocycles. The Morgan fingerprint density at radius 1 is 1.26 bits per heavy atom. The van der Waals surface area contributed by atoms with E-state index < -0.39 is 6.10 Å². The predicted molar refractivity (Wildman–Crippen MR) is 76.2 cm³/mol. The fraction of sp³-hybridized carbons (Fsp3) is 0.571. The number of anilines is 1. The maximum Gasteiger partial charge on any atom is 0.119 e.